The second kappa shape index (κ2) is 11.9. The van der Waals surface area contributed by atoms with Crippen LogP contribution in [-0.4, -0.2) is 42.0 Å². The molecule has 11 heteroatoms. The van der Waals surface area contributed by atoms with Crippen LogP contribution < -0.4 is 4.74 Å². The number of aryl methyl sites for hydroxylation is 1. The number of para-hydroxylation sites is 2. The molecule has 3 aromatic carbocycles. The van der Waals surface area contributed by atoms with Gasteiger partial charge in [-0.3, -0.25) is 9.69 Å². The Kier molecular flexibility index (Phi) is 8.27. The Morgan fingerprint density at radius 3 is 2.30 bits per heavy atom. The van der Waals surface area contributed by atoms with Gasteiger partial charge in [0.25, 0.3) is 5.91 Å². The van der Waals surface area contributed by atoms with Gasteiger partial charge >= 0.3 is 5.97 Å². The molecule has 1 aromatic heterocycles. The number of aromatic nitrogens is 2. The third-order valence-corrected chi connectivity index (χ3v) is 8.07. The van der Waals surface area contributed by atoms with E-state index in [-0.39, 0.29) is 27.3 Å². The lowest BCUT2D eigenvalue weighted by Crippen LogP contribution is -2.45. The molecule has 0 unspecified atom stereocenters. The summed E-state index contributed by atoms with van der Waals surface area (Å²) in [6.07, 6.45) is 1.73. The van der Waals surface area contributed by atoms with E-state index < -0.39 is 17.9 Å². The van der Waals surface area contributed by atoms with E-state index in [0.717, 1.165) is 22.2 Å². The van der Waals surface area contributed by atoms with Crippen molar-refractivity contribution in [2.24, 2.45) is 0 Å². The maximum Gasteiger partial charge on any atom is 0.327 e. The number of carbonyl (C=O) groups is 2. The molecule has 0 saturated carbocycles. The van der Waals surface area contributed by atoms with E-state index in [0.29, 0.717) is 27.0 Å². The molecule has 1 atom stereocenters. The number of thioether (sulfide) groups is 1. The summed E-state index contributed by atoms with van der Waals surface area (Å²) < 4.78 is 8.02. The van der Waals surface area contributed by atoms with Gasteiger partial charge in [-0.25, -0.2) is 4.79 Å². The molecule has 40 heavy (non-hydrogen) atoms. The van der Waals surface area contributed by atoms with Crippen LogP contribution in [0.1, 0.15) is 16.8 Å². The number of hydrogen-bond acceptors (Lipinski definition) is 6. The van der Waals surface area contributed by atoms with Crippen LogP contribution in [0.15, 0.2) is 83.8 Å². The van der Waals surface area contributed by atoms with Crippen molar-refractivity contribution >= 4 is 69.5 Å². The summed E-state index contributed by atoms with van der Waals surface area (Å²) in [5, 5.41) is 15.3. The van der Waals surface area contributed by atoms with Crippen LogP contribution in [0.3, 0.4) is 0 Å². The molecule has 0 spiro atoms. The van der Waals surface area contributed by atoms with E-state index in [1.807, 2.05) is 60.7 Å². The maximum absolute atomic E-state index is 13.6. The van der Waals surface area contributed by atoms with Gasteiger partial charge in [-0.05, 0) is 42.8 Å². The van der Waals surface area contributed by atoms with Crippen LogP contribution in [0.2, 0.25) is 10.0 Å². The van der Waals surface area contributed by atoms with Crippen LogP contribution in [0.5, 0.6) is 11.6 Å². The zero-order valence-corrected chi connectivity index (χ0v) is 24.1. The fourth-order valence-electron chi connectivity index (χ4n) is 4.21. The highest BCUT2D eigenvalue weighted by atomic mass is 35.5. The molecule has 1 amide bonds. The Bertz CT molecular complexity index is 1620. The number of aliphatic carboxylic acids is 1. The number of carboxylic acids is 1. The molecule has 7 nitrogen and oxygen atoms in total. The lowest BCUT2D eigenvalue weighted by Gasteiger charge is -2.23. The predicted octanol–water partition coefficient (Wildman–Crippen LogP) is 7.18. The second-order valence-electron chi connectivity index (χ2n) is 8.80. The number of ether oxygens (including phenoxy) is 1. The minimum Gasteiger partial charge on any atom is -0.480 e. The van der Waals surface area contributed by atoms with Gasteiger partial charge in [0.15, 0.2) is 5.75 Å². The maximum atomic E-state index is 13.6. The summed E-state index contributed by atoms with van der Waals surface area (Å²) in [7, 11) is 0. The van der Waals surface area contributed by atoms with Gasteiger partial charge in [0, 0.05) is 6.42 Å². The van der Waals surface area contributed by atoms with Crippen molar-refractivity contribution in [2.45, 2.75) is 19.4 Å². The van der Waals surface area contributed by atoms with Crippen molar-refractivity contribution in [2.75, 3.05) is 0 Å². The lowest BCUT2D eigenvalue weighted by atomic mass is 10.0. The molecule has 1 fully saturated rings. The molecule has 5 rings (SSSR count). The molecular formula is C29H21Cl2N3O4S2. The molecule has 4 aromatic rings. The van der Waals surface area contributed by atoms with Crippen molar-refractivity contribution in [3.8, 4) is 17.3 Å². The van der Waals surface area contributed by atoms with E-state index >= 15 is 0 Å². The number of benzene rings is 3. The highest BCUT2D eigenvalue weighted by Crippen LogP contribution is 2.41. The number of carbonyl (C=O) groups excluding carboxylic acids is 1. The Morgan fingerprint density at radius 1 is 1.05 bits per heavy atom. The third-order valence-electron chi connectivity index (χ3n) is 6.15. The molecule has 0 radical (unpaired) electrons. The topological polar surface area (TPSA) is 84.7 Å². The van der Waals surface area contributed by atoms with Crippen molar-refractivity contribution in [1.82, 2.24) is 14.7 Å². The average molecular weight is 611 g/mol. The van der Waals surface area contributed by atoms with Crippen molar-refractivity contribution in [3.05, 3.63) is 111 Å². The minimum atomic E-state index is -1.16. The first-order valence-electron chi connectivity index (χ1n) is 12.0. The quantitative estimate of drug-likeness (QED) is 0.167. The Hall–Kier alpha value is -3.63. The van der Waals surface area contributed by atoms with Gasteiger partial charge < -0.3 is 9.84 Å². The van der Waals surface area contributed by atoms with E-state index in [2.05, 4.69) is 5.10 Å². The van der Waals surface area contributed by atoms with E-state index in [1.165, 1.54) is 0 Å². The van der Waals surface area contributed by atoms with Gasteiger partial charge in [0.2, 0.25) is 5.88 Å². The SMILES string of the molecule is Cc1nn(-c2ccccc2)c(Oc2c(Cl)cccc2Cl)c1/C=C1\SC(=S)N([C@@H](Cc2ccccc2)C(=O)O)C1=O. The first kappa shape index (κ1) is 27.9. The fourth-order valence-corrected chi connectivity index (χ4v) is 6.02. The highest BCUT2D eigenvalue weighted by molar-refractivity contribution is 8.26. The number of hydrogen-bond donors (Lipinski definition) is 1. The number of halogens is 2. The number of nitrogens with zero attached hydrogens (tertiary/aromatic N) is 3. The molecule has 1 N–H and O–H groups in total. The van der Waals surface area contributed by atoms with Crippen LogP contribution >= 0.6 is 47.2 Å². The van der Waals surface area contributed by atoms with Crippen LogP contribution in [-0.2, 0) is 16.0 Å². The summed E-state index contributed by atoms with van der Waals surface area (Å²) in [4.78, 5) is 27.2. The lowest BCUT2D eigenvalue weighted by molar-refractivity contribution is -0.145. The number of thiocarbonyl (C=S) groups is 1. The average Bonchev–Trinajstić information content (AvgIpc) is 3.40. The number of amides is 1. The number of carboxylic acid groups (broad SMARTS) is 1. The van der Waals surface area contributed by atoms with Crippen molar-refractivity contribution < 1.29 is 19.4 Å². The molecule has 1 aliphatic heterocycles. The Labute approximate surface area is 250 Å². The van der Waals surface area contributed by atoms with Gasteiger partial charge in [-0.2, -0.15) is 9.78 Å². The first-order valence-corrected chi connectivity index (χ1v) is 14.0. The summed E-state index contributed by atoms with van der Waals surface area (Å²) in [5.74, 6) is -1.14. The first-order chi connectivity index (χ1) is 19.2. The summed E-state index contributed by atoms with van der Waals surface area (Å²) in [5.41, 5.74) is 2.55. The smallest absolute Gasteiger partial charge is 0.327 e. The van der Waals surface area contributed by atoms with Gasteiger partial charge in [0.05, 0.1) is 31.9 Å². The largest absolute Gasteiger partial charge is 0.480 e. The van der Waals surface area contributed by atoms with Crippen LogP contribution in [0.4, 0.5) is 0 Å². The van der Waals surface area contributed by atoms with Crippen LogP contribution in [0, 0.1) is 6.92 Å². The normalized spacial score (nSPS) is 15.1. The molecule has 1 saturated heterocycles. The Morgan fingerprint density at radius 2 is 1.68 bits per heavy atom. The zero-order valence-electron chi connectivity index (χ0n) is 21.0. The number of rotatable bonds is 8. The summed E-state index contributed by atoms with van der Waals surface area (Å²) in [6, 6.07) is 22.3. The molecule has 202 valence electrons. The second-order valence-corrected chi connectivity index (χ2v) is 11.3. The van der Waals surface area contributed by atoms with Gasteiger partial charge in [0.1, 0.15) is 10.4 Å². The van der Waals surface area contributed by atoms with Crippen molar-refractivity contribution in [3.63, 3.8) is 0 Å². The molecule has 0 aliphatic carbocycles. The summed E-state index contributed by atoms with van der Waals surface area (Å²) in [6.45, 7) is 1.78. The molecule has 0 bridgehead atoms. The Balaban J connectivity index is 1.57. The monoisotopic (exact) mass is 609 g/mol. The van der Waals surface area contributed by atoms with E-state index in [1.54, 1.807) is 35.9 Å². The van der Waals surface area contributed by atoms with E-state index in [4.69, 9.17) is 40.2 Å². The van der Waals surface area contributed by atoms with Gasteiger partial charge in [-0.15, -0.1) is 0 Å². The standard InChI is InChI=1S/C29H21Cl2N3O4S2/c1-17-20(16-24-26(35)33(29(39)40-24)23(28(36)37)15-18-9-4-2-5-10-18)27(34(32-17)19-11-6-3-7-12-19)38-25-21(30)13-8-14-22(25)31/h2-14,16,23H,15H2,1H3,(H,36,37)/b24-16-/t23-/m0/s1. The summed E-state index contributed by atoms with van der Waals surface area (Å²) >= 11 is 19.3. The van der Waals surface area contributed by atoms with Gasteiger partial charge in [-0.1, -0.05) is 102 Å². The molecule has 2 heterocycles. The fraction of sp³-hybridized carbons (Fsp3) is 0.103. The molecule has 1 aliphatic rings. The van der Waals surface area contributed by atoms with E-state index in [9.17, 15) is 14.7 Å². The van der Waals surface area contributed by atoms with Crippen molar-refractivity contribution in [1.29, 1.82) is 0 Å². The third kappa shape index (κ3) is 5.64. The minimum absolute atomic E-state index is 0.111. The molecular weight excluding hydrogens is 589 g/mol. The zero-order chi connectivity index (χ0) is 28.4. The predicted molar refractivity (Wildman–Crippen MR) is 161 cm³/mol. The highest BCUT2D eigenvalue weighted by Gasteiger charge is 2.41. The van der Waals surface area contributed by atoms with Crippen LogP contribution in [0.25, 0.3) is 11.8 Å².